The smallest absolute Gasteiger partial charge is 0.237 e. The van der Waals surface area contributed by atoms with Crippen LogP contribution in [0.15, 0.2) is 29.4 Å². The molecule has 1 aromatic heterocycles. The van der Waals surface area contributed by atoms with Crippen LogP contribution < -0.4 is 5.73 Å². The monoisotopic (exact) mass is 324 g/mol. The van der Waals surface area contributed by atoms with Crippen LogP contribution in [0.25, 0.3) is 0 Å². The third kappa shape index (κ3) is 4.75. The maximum Gasteiger partial charge on any atom is 0.237 e. The van der Waals surface area contributed by atoms with E-state index in [0.29, 0.717) is 5.82 Å². The zero-order valence-corrected chi connectivity index (χ0v) is 13.3. The third-order valence-corrected chi connectivity index (χ3v) is 4.27. The molecule has 2 N–H and O–H groups in total. The zero-order chi connectivity index (χ0) is 15.2. The van der Waals surface area contributed by atoms with Crippen molar-refractivity contribution in [2.24, 2.45) is 5.73 Å². The average molecular weight is 325 g/mol. The highest BCUT2D eigenvalue weighted by Crippen LogP contribution is 2.19. The normalized spacial score (nSPS) is 10.8. The van der Waals surface area contributed by atoms with Crippen molar-refractivity contribution in [3.8, 4) is 0 Å². The minimum atomic E-state index is -0.388. The number of aromatic nitrogens is 3. The lowest BCUT2D eigenvalue weighted by Gasteiger charge is -2.05. The fourth-order valence-corrected chi connectivity index (χ4v) is 2.95. The van der Waals surface area contributed by atoms with Crippen molar-refractivity contribution >= 4 is 29.3 Å². The molecule has 5 nitrogen and oxygen atoms in total. The Hall–Kier alpha value is -1.53. The molecule has 1 heterocycles. The molecule has 21 heavy (non-hydrogen) atoms. The standard InChI is InChI=1S/C14H17ClN4OS/c1-10-17-18-14(19(10)9-13(16)20)21-8-2-3-11-4-6-12(15)7-5-11/h4-7H,2-3,8-9H2,1H3,(H2,16,20). The lowest BCUT2D eigenvalue weighted by atomic mass is 10.1. The molecule has 0 aliphatic carbocycles. The number of benzene rings is 1. The first-order valence-electron chi connectivity index (χ1n) is 6.61. The molecule has 0 aliphatic heterocycles. The second-order valence-corrected chi connectivity index (χ2v) is 6.16. The Morgan fingerprint density at radius 2 is 2.05 bits per heavy atom. The van der Waals surface area contributed by atoms with Gasteiger partial charge in [-0.2, -0.15) is 0 Å². The van der Waals surface area contributed by atoms with Crippen molar-refractivity contribution < 1.29 is 4.79 Å². The number of carbonyl (C=O) groups is 1. The predicted octanol–water partition coefficient (Wildman–Crippen LogP) is 2.45. The summed E-state index contributed by atoms with van der Waals surface area (Å²) in [6, 6.07) is 7.87. The number of carbonyl (C=O) groups excluding carboxylic acids is 1. The van der Waals surface area contributed by atoms with Gasteiger partial charge in [-0.15, -0.1) is 10.2 Å². The zero-order valence-electron chi connectivity index (χ0n) is 11.8. The summed E-state index contributed by atoms with van der Waals surface area (Å²) >= 11 is 7.44. The topological polar surface area (TPSA) is 73.8 Å². The van der Waals surface area contributed by atoms with E-state index in [2.05, 4.69) is 10.2 Å². The highest BCUT2D eigenvalue weighted by Gasteiger charge is 2.11. The molecule has 0 unspecified atom stereocenters. The van der Waals surface area contributed by atoms with Crippen LogP contribution in [0, 0.1) is 6.92 Å². The summed E-state index contributed by atoms with van der Waals surface area (Å²) in [5.41, 5.74) is 6.49. The summed E-state index contributed by atoms with van der Waals surface area (Å²) < 4.78 is 1.75. The Labute approximate surface area is 132 Å². The van der Waals surface area contributed by atoms with Gasteiger partial charge in [-0.05, 0) is 37.5 Å². The lowest BCUT2D eigenvalue weighted by molar-refractivity contribution is -0.118. The summed E-state index contributed by atoms with van der Waals surface area (Å²) in [6.07, 6.45) is 1.99. The molecule has 0 atom stereocenters. The molecular weight excluding hydrogens is 308 g/mol. The summed E-state index contributed by atoms with van der Waals surface area (Å²) in [5, 5.41) is 9.55. The molecule has 1 aromatic carbocycles. The van der Waals surface area contributed by atoms with Gasteiger partial charge in [0.05, 0.1) is 0 Å². The highest BCUT2D eigenvalue weighted by atomic mass is 35.5. The van der Waals surface area contributed by atoms with Crippen molar-refractivity contribution in [1.29, 1.82) is 0 Å². The number of halogens is 1. The first-order valence-corrected chi connectivity index (χ1v) is 7.98. The van der Waals surface area contributed by atoms with E-state index in [-0.39, 0.29) is 12.5 Å². The molecule has 2 aromatic rings. The molecule has 0 aliphatic rings. The first kappa shape index (κ1) is 15.9. The van der Waals surface area contributed by atoms with Gasteiger partial charge in [-0.3, -0.25) is 9.36 Å². The summed E-state index contributed by atoms with van der Waals surface area (Å²) in [7, 11) is 0. The summed E-state index contributed by atoms with van der Waals surface area (Å²) in [6.45, 7) is 1.94. The van der Waals surface area contributed by atoms with Gasteiger partial charge in [-0.1, -0.05) is 35.5 Å². The van der Waals surface area contributed by atoms with E-state index in [1.807, 2.05) is 31.2 Å². The van der Waals surface area contributed by atoms with E-state index in [1.165, 1.54) is 5.56 Å². The molecule has 0 saturated carbocycles. The predicted molar refractivity (Wildman–Crippen MR) is 84.5 cm³/mol. The summed E-state index contributed by atoms with van der Waals surface area (Å²) in [5.74, 6) is 1.22. The number of rotatable bonds is 7. The van der Waals surface area contributed by atoms with E-state index in [4.69, 9.17) is 17.3 Å². The van der Waals surface area contributed by atoms with Crippen LogP contribution in [0.4, 0.5) is 0 Å². The van der Waals surface area contributed by atoms with Crippen LogP contribution in [-0.2, 0) is 17.8 Å². The van der Waals surface area contributed by atoms with E-state index in [9.17, 15) is 4.79 Å². The highest BCUT2D eigenvalue weighted by molar-refractivity contribution is 7.99. The van der Waals surface area contributed by atoms with Crippen LogP contribution in [0.5, 0.6) is 0 Å². The molecule has 2 rings (SSSR count). The minimum absolute atomic E-state index is 0.123. The molecule has 0 radical (unpaired) electrons. The average Bonchev–Trinajstić information content (AvgIpc) is 2.78. The van der Waals surface area contributed by atoms with Gasteiger partial charge in [-0.25, -0.2) is 0 Å². The van der Waals surface area contributed by atoms with Crippen LogP contribution in [-0.4, -0.2) is 26.4 Å². The van der Waals surface area contributed by atoms with Gasteiger partial charge in [0.15, 0.2) is 5.16 Å². The van der Waals surface area contributed by atoms with E-state index >= 15 is 0 Å². The van der Waals surface area contributed by atoms with E-state index in [0.717, 1.165) is 28.8 Å². The molecule has 1 amide bonds. The Morgan fingerprint density at radius 1 is 1.33 bits per heavy atom. The Bertz CT molecular complexity index is 612. The molecule has 0 saturated heterocycles. The molecule has 0 bridgehead atoms. The largest absolute Gasteiger partial charge is 0.368 e. The molecule has 0 fully saturated rings. The molecule has 112 valence electrons. The van der Waals surface area contributed by atoms with Gasteiger partial charge in [0, 0.05) is 10.8 Å². The van der Waals surface area contributed by atoms with Crippen molar-refractivity contribution in [2.75, 3.05) is 5.75 Å². The lowest BCUT2D eigenvalue weighted by Crippen LogP contribution is -2.20. The molecule has 0 spiro atoms. The number of hydrogen-bond donors (Lipinski definition) is 1. The van der Waals surface area contributed by atoms with Gasteiger partial charge in [0.1, 0.15) is 12.4 Å². The second kappa shape index (κ2) is 7.47. The van der Waals surface area contributed by atoms with Gasteiger partial charge in [0.2, 0.25) is 5.91 Å². The maximum absolute atomic E-state index is 11.0. The fourth-order valence-electron chi connectivity index (χ4n) is 1.90. The van der Waals surface area contributed by atoms with Crippen LogP contribution in [0.1, 0.15) is 17.8 Å². The third-order valence-electron chi connectivity index (χ3n) is 2.97. The Balaban J connectivity index is 1.83. The number of hydrogen-bond acceptors (Lipinski definition) is 4. The SMILES string of the molecule is Cc1nnc(SCCCc2ccc(Cl)cc2)n1CC(N)=O. The van der Waals surface area contributed by atoms with Crippen molar-refractivity contribution in [3.05, 3.63) is 40.7 Å². The van der Waals surface area contributed by atoms with Gasteiger partial charge in [0.25, 0.3) is 0 Å². The number of aryl methyl sites for hydroxylation is 2. The fraction of sp³-hybridized carbons (Fsp3) is 0.357. The van der Waals surface area contributed by atoms with Crippen molar-refractivity contribution in [1.82, 2.24) is 14.8 Å². The first-order chi connectivity index (χ1) is 10.1. The van der Waals surface area contributed by atoms with Gasteiger partial charge >= 0.3 is 0 Å². The Kier molecular flexibility index (Phi) is 5.64. The number of amides is 1. The van der Waals surface area contributed by atoms with E-state index < -0.39 is 0 Å². The second-order valence-electron chi connectivity index (χ2n) is 4.66. The Morgan fingerprint density at radius 3 is 2.71 bits per heavy atom. The number of thioether (sulfide) groups is 1. The minimum Gasteiger partial charge on any atom is -0.368 e. The number of nitrogens with two attached hydrogens (primary N) is 1. The van der Waals surface area contributed by atoms with Crippen LogP contribution in [0.2, 0.25) is 5.02 Å². The van der Waals surface area contributed by atoms with Gasteiger partial charge < -0.3 is 5.73 Å². The van der Waals surface area contributed by atoms with E-state index in [1.54, 1.807) is 16.3 Å². The van der Waals surface area contributed by atoms with Crippen LogP contribution in [0.3, 0.4) is 0 Å². The summed E-state index contributed by atoms with van der Waals surface area (Å²) in [4.78, 5) is 11.0. The number of primary amides is 1. The number of nitrogens with zero attached hydrogens (tertiary/aromatic N) is 3. The van der Waals surface area contributed by atoms with Crippen LogP contribution >= 0.6 is 23.4 Å². The maximum atomic E-state index is 11.0. The van der Waals surface area contributed by atoms with Crippen molar-refractivity contribution in [3.63, 3.8) is 0 Å². The quantitative estimate of drug-likeness (QED) is 0.627. The molecular formula is C14H17ClN4OS. The van der Waals surface area contributed by atoms with Crippen molar-refractivity contribution in [2.45, 2.75) is 31.5 Å². The molecule has 7 heteroatoms.